The molecule has 1 aromatic carbocycles. The first kappa shape index (κ1) is 18.5. The molecular weight excluding hydrogens is 371 g/mol. The van der Waals surface area contributed by atoms with Gasteiger partial charge in [0.25, 0.3) is 0 Å². The van der Waals surface area contributed by atoms with E-state index >= 15 is 0 Å². The average molecular weight is 391 g/mol. The Morgan fingerprint density at radius 2 is 1.93 bits per heavy atom. The summed E-state index contributed by atoms with van der Waals surface area (Å²) >= 11 is 0. The lowest BCUT2D eigenvalue weighted by Crippen LogP contribution is -2.23. The second kappa shape index (κ2) is 6.96. The van der Waals surface area contributed by atoms with Crippen molar-refractivity contribution in [1.82, 2.24) is 19.3 Å². The number of para-hydroxylation sites is 2. The summed E-state index contributed by atoms with van der Waals surface area (Å²) in [6.07, 6.45) is -1.31. The second-order valence-corrected chi connectivity index (χ2v) is 7.02. The number of hydrogen-bond acceptors (Lipinski definition) is 3. The fraction of sp³-hybridized carbons (Fsp3) is 0.421. The van der Waals surface area contributed by atoms with Crippen molar-refractivity contribution >= 4 is 22.9 Å². The number of benzene rings is 1. The molecule has 1 N–H and O–H groups in total. The first-order chi connectivity index (χ1) is 13.3. The molecule has 0 bridgehead atoms. The van der Waals surface area contributed by atoms with Crippen LogP contribution in [0.1, 0.15) is 36.2 Å². The number of nitrogens with one attached hydrogen (secondary N) is 1. The Bertz CT molecular complexity index is 1030. The summed E-state index contributed by atoms with van der Waals surface area (Å²) in [5, 5.41) is 6.44. The summed E-state index contributed by atoms with van der Waals surface area (Å²) < 4.78 is 43.1. The topological polar surface area (TPSA) is 64.7 Å². The third-order valence-corrected chi connectivity index (χ3v) is 5.11. The highest BCUT2D eigenvalue weighted by Crippen LogP contribution is 2.35. The fourth-order valence-electron chi connectivity index (χ4n) is 3.76. The average Bonchev–Trinajstić information content (AvgIpc) is 3.02. The van der Waals surface area contributed by atoms with E-state index in [4.69, 9.17) is 0 Å². The molecule has 1 aliphatic rings. The lowest BCUT2D eigenvalue weighted by atomic mass is 10.1. The molecule has 1 aliphatic carbocycles. The van der Waals surface area contributed by atoms with Gasteiger partial charge in [-0.05, 0) is 37.8 Å². The quantitative estimate of drug-likeness (QED) is 0.693. The zero-order valence-corrected chi connectivity index (χ0v) is 15.4. The maximum Gasteiger partial charge on any atom is 0.435 e. The zero-order valence-electron chi connectivity index (χ0n) is 15.4. The molecule has 1 amide bonds. The van der Waals surface area contributed by atoms with Crippen LogP contribution in [0.5, 0.6) is 0 Å². The molecule has 0 spiro atoms. The highest BCUT2D eigenvalue weighted by molar-refractivity contribution is 5.91. The molecule has 0 saturated carbocycles. The van der Waals surface area contributed by atoms with Gasteiger partial charge in [-0.1, -0.05) is 18.6 Å². The smallest absolute Gasteiger partial charge is 0.313 e. The Balaban J connectivity index is 1.60. The predicted octanol–water partition coefficient (Wildman–Crippen LogP) is 3.70. The zero-order chi connectivity index (χ0) is 19.9. The summed E-state index contributed by atoms with van der Waals surface area (Å²) in [7, 11) is 1.77. The molecule has 2 aromatic heterocycles. The van der Waals surface area contributed by atoms with E-state index in [2.05, 4.69) is 15.4 Å². The van der Waals surface area contributed by atoms with Gasteiger partial charge in [-0.25, -0.2) is 4.98 Å². The number of anilines is 1. The van der Waals surface area contributed by atoms with Crippen LogP contribution in [0, 0.1) is 0 Å². The molecule has 9 heteroatoms. The number of aryl methyl sites for hydroxylation is 1. The van der Waals surface area contributed by atoms with Crippen molar-refractivity contribution in [1.29, 1.82) is 0 Å². The number of alkyl halides is 3. The van der Waals surface area contributed by atoms with E-state index in [0.717, 1.165) is 23.9 Å². The van der Waals surface area contributed by atoms with Crippen molar-refractivity contribution in [2.45, 2.75) is 44.8 Å². The number of carbonyl (C=O) groups excluding carboxylic acids is 1. The van der Waals surface area contributed by atoms with Gasteiger partial charge >= 0.3 is 6.18 Å². The standard InChI is InChI=1S/C19H20F3N5O/c1-26-15-10-6-5-8-13(15)23-18(26)24-16(28)11-27-14-9-4-2-3-7-12(14)17(25-27)19(20,21)22/h5-6,8,10H,2-4,7,9,11H2,1H3,(H,23,24,28). The Labute approximate surface area is 159 Å². The minimum Gasteiger partial charge on any atom is -0.313 e. The van der Waals surface area contributed by atoms with Gasteiger partial charge < -0.3 is 4.57 Å². The highest BCUT2D eigenvalue weighted by Gasteiger charge is 2.39. The molecular formula is C19H20F3N5O. The Hall–Kier alpha value is -2.84. The van der Waals surface area contributed by atoms with Crippen LogP contribution < -0.4 is 5.32 Å². The number of halogens is 3. The second-order valence-electron chi connectivity index (χ2n) is 7.02. The Morgan fingerprint density at radius 1 is 1.18 bits per heavy atom. The number of fused-ring (bicyclic) bond motifs is 2. The first-order valence-electron chi connectivity index (χ1n) is 9.21. The largest absolute Gasteiger partial charge is 0.435 e. The van der Waals surface area contributed by atoms with E-state index < -0.39 is 17.8 Å². The van der Waals surface area contributed by atoms with Gasteiger partial charge in [0.15, 0.2) is 5.69 Å². The molecule has 0 aliphatic heterocycles. The van der Waals surface area contributed by atoms with Crippen LogP contribution in [-0.2, 0) is 37.4 Å². The van der Waals surface area contributed by atoms with E-state index in [1.807, 2.05) is 24.3 Å². The lowest BCUT2D eigenvalue weighted by Gasteiger charge is -2.08. The van der Waals surface area contributed by atoms with Gasteiger partial charge in [-0.3, -0.25) is 14.8 Å². The van der Waals surface area contributed by atoms with E-state index in [0.29, 0.717) is 30.9 Å². The van der Waals surface area contributed by atoms with Gasteiger partial charge in [0.1, 0.15) is 6.54 Å². The highest BCUT2D eigenvalue weighted by atomic mass is 19.4. The molecule has 0 atom stereocenters. The van der Waals surface area contributed by atoms with Gasteiger partial charge in [-0.15, -0.1) is 0 Å². The maximum absolute atomic E-state index is 13.4. The molecule has 0 saturated heterocycles. The van der Waals surface area contributed by atoms with Crippen molar-refractivity contribution < 1.29 is 18.0 Å². The van der Waals surface area contributed by atoms with Crippen LogP contribution in [0.15, 0.2) is 24.3 Å². The predicted molar refractivity (Wildman–Crippen MR) is 97.8 cm³/mol. The Kier molecular flexibility index (Phi) is 4.60. The number of aromatic nitrogens is 4. The molecule has 148 valence electrons. The van der Waals surface area contributed by atoms with E-state index in [-0.39, 0.29) is 12.1 Å². The molecule has 28 heavy (non-hydrogen) atoms. The summed E-state index contributed by atoms with van der Waals surface area (Å²) in [6, 6.07) is 7.42. The number of hydrogen-bond donors (Lipinski definition) is 1. The van der Waals surface area contributed by atoms with Crippen LogP contribution in [0.25, 0.3) is 11.0 Å². The van der Waals surface area contributed by atoms with Crippen LogP contribution in [0.3, 0.4) is 0 Å². The van der Waals surface area contributed by atoms with E-state index in [1.54, 1.807) is 11.6 Å². The molecule has 6 nitrogen and oxygen atoms in total. The third-order valence-electron chi connectivity index (χ3n) is 5.11. The summed E-state index contributed by atoms with van der Waals surface area (Å²) in [4.78, 5) is 16.9. The SMILES string of the molecule is Cn1c(NC(=O)Cn2nc(C(F)(F)F)c3c2CCCCC3)nc2ccccc21. The molecule has 2 heterocycles. The number of amides is 1. The summed E-state index contributed by atoms with van der Waals surface area (Å²) in [6.45, 7) is -0.276. The van der Waals surface area contributed by atoms with Crippen molar-refractivity contribution in [2.24, 2.45) is 7.05 Å². The third kappa shape index (κ3) is 3.36. The van der Waals surface area contributed by atoms with Crippen LogP contribution in [0.2, 0.25) is 0 Å². The molecule has 0 radical (unpaired) electrons. The van der Waals surface area contributed by atoms with Crippen molar-refractivity contribution in [3.05, 3.63) is 41.2 Å². The van der Waals surface area contributed by atoms with Gasteiger partial charge in [-0.2, -0.15) is 18.3 Å². The number of carbonyl (C=O) groups is 1. The molecule has 4 rings (SSSR count). The monoisotopic (exact) mass is 391 g/mol. The molecule has 3 aromatic rings. The Morgan fingerprint density at radius 3 is 2.68 bits per heavy atom. The fourth-order valence-corrected chi connectivity index (χ4v) is 3.76. The number of nitrogens with zero attached hydrogens (tertiary/aromatic N) is 4. The summed E-state index contributed by atoms with van der Waals surface area (Å²) in [5.41, 5.74) is 1.48. The first-order valence-corrected chi connectivity index (χ1v) is 9.21. The van der Waals surface area contributed by atoms with Crippen molar-refractivity contribution in [3.8, 4) is 0 Å². The van der Waals surface area contributed by atoms with E-state index in [9.17, 15) is 18.0 Å². The van der Waals surface area contributed by atoms with Gasteiger partial charge in [0.2, 0.25) is 11.9 Å². The van der Waals surface area contributed by atoms with Gasteiger partial charge in [0, 0.05) is 18.3 Å². The normalized spacial score (nSPS) is 14.7. The van der Waals surface area contributed by atoms with Crippen molar-refractivity contribution in [2.75, 3.05) is 5.32 Å². The van der Waals surface area contributed by atoms with Crippen LogP contribution >= 0.6 is 0 Å². The molecule has 0 unspecified atom stereocenters. The maximum atomic E-state index is 13.4. The number of imidazole rings is 1. The van der Waals surface area contributed by atoms with Crippen molar-refractivity contribution in [3.63, 3.8) is 0 Å². The van der Waals surface area contributed by atoms with Gasteiger partial charge in [0.05, 0.1) is 11.0 Å². The van der Waals surface area contributed by atoms with E-state index in [1.165, 1.54) is 4.68 Å². The minimum atomic E-state index is -4.52. The van der Waals surface area contributed by atoms with Crippen LogP contribution in [0.4, 0.5) is 19.1 Å². The molecule has 0 fully saturated rings. The minimum absolute atomic E-state index is 0.237. The lowest BCUT2D eigenvalue weighted by molar-refractivity contribution is -0.142. The number of rotatable bonds is 3. The van der Waals surface area contributed by atoms with Crippen LogP contribution in [-0.4, -0.2) is 25.2 Å². The summed E-state index contributed by atoms with van der Waals surface area (Å²) in [5.74, 6) is -0.109.